The van der Waals surface area contributed by atoms with E-state index in [4.69, 9.17) is 0 Å². The fourth-order valence-corrected chi connectivity index (χ4v) is 1.51. The molecule has 0 atom stereocenters. The summed E-state index contributed by atoms with van der Waals surface area (Å²) in [5.41, 5.74) is -1.96. The van der Waals surface area contributed by atoms with Crippen molar-refractivity contribution in [2.24, 2.45) is 0 Å². The summed E-state index contributed by atoms with van der Waals surface area (Å²) in [6.45, 7) is 0. The topological polar surface area (TPSA) is 0 Å². The molecule has 0 bridgehead atoms. The molecule has 94 valence electrons. The molecule has 0 radical (unpaired) electrons. The Morgan fingerprint density at radius 1 is 0.611 bits per heavy atom. The van der Waals surface area contributed by atoms with Crippen LogP contribution in [0.4, 0.5) is 26.3 Å². The smallest absolute Gasteiger partial charge is 0.195 e. The fourth-order valence-electron chi connectivity index (χ4n) is 1.51. The highest BCUT2D eigenvalue weighted by molar-refractivity contribution is 5.65. The molecular formula is C12H4F6. The Bertz CT molecular complexity index is 620. The SMILES string of the molecule is Fc1cccc(-c2c(F)cc(F)c(F)c2F)c1F. The third-order valence-corrected chi connectivity index (χ3v) is 2.34. The number of benzene rings is 2. The van der Waals surface area contributed by atoms with Gasteiger partial charge in [-0.25, -0.2) is 26.3 Å². The summed E-state index contributed by atoms with van der Waals surface area (Å²) in [6.07, 6.45) is 0. The number of hydrogen-bond acceptors (Lipinski definition) is 0. The van der Waals surface area contributed by atoms with Crippen LogP contribution in [-0.2, 0) is 0 Å². The first-order valence-corrected chi connectivity index (χ1v) is 4.71. The molecule has 18 heavy (non-hydrogen) atoms. The Hall–Kier alpha value is -1.98. The Labute approximate surface area is 97.5 Å². The molecule has 0 N–H and O–H groups in total. The lowest BCUT2D eigenvalue weighted by Gasteiger charge is -2.08. The van der Waals surface area contributed by atoms with Gasteiger partial charge in [0.2, 0.25) is 0 Å². The van der Waals surface area contributed by atoms with Crippen LogP contribution in [0.1, 0.15) is 0 Å². The third kappa shape index (κ3) is 1.83. The molecule has 0 saturated carbocycles. The van der Waals surface area contributed by atoms with Crippen LogP contribution in [0.3, 0.4) is 0 Å². The summed E-state index contributed by atoms with van der Waals surface area (Å²) in [6, 6.07) is 2.65. The molecule has 0 unspecified atom stereocenters. The Kier molecular flexibility index (Phi) is 3.02. The first-order chi connectivity index (χ1) is 8.43. The lowest BCUT2D eigenvalue weighted by atomic mass is 10.0. The quantitative estimate of drug-likeness (QED) is 0.410. The van der Waals surface area contributed by atoms with Crippen molar-refractivity contribution in [3.63, 3.8) is 0 Å². The number of hydrogen-bond donors (Lipinski definition) is 0. The second-order valence-corrected chi connectivity index (χ2v) is 3.44. The maximum Gasteiger partial charge on any atom is 0.195 e. The van der Waals surface area contributed by atoms with Crippen LogP contribution < -0.4 is 0 Å². The van der Waals surface area contributed by atoms with Crippen LogP contribution in [0, 0.1) is 34.9 Å². The molecule has 0 aromatic heterocycles. The molecule has 2 rings (SSSR count). The van der Waals surface area contributed by atoms with E-state index in [9.17, 15) is 26.3 Å². The van der Waals surface area contributed by atoms with E-state index >= 15 is 0 Å². The average molecular weight is 262 g/mol. The predicted molar refractivity (Wildman–Crippen MR) is 51.6 cm³/mol. The summed E-state index contributed by atoms with van der Waals surface area (Å²) in [5.74, 6) is -10.0. The van der Waals surface area contributed by atoms with Crippen LogP contribution in [0.15, 0.2) is 24.3 Å². The zero-order valence-electron chi connectivity index (χ0n) is 8.58. The molecule has 0 aliphatic rings. The van der Waals surface area contributed by atoms with Gasteiger partial charge in [0.05, 0.1) is 5.56 Å². The minimum absolute atomic E-state index is 0.0676. The average Bonchev–Trinajstić information content (AvgIpc) is 2.32. The second kappa shape index (κ2) is 4.36. The standard InChI is InChI=1S/C12H4F6/c13-6-3-1-2-5(10(6)16)9-7(14)4-8(15)11(17)12(9)18/h1-4H. The van der Waals surface area contributed by atoms with Crippen LogP contribution in [0.2, 0.25) is 0 Å². The largest absolute Gasteiger partial charge is 0.206 e. The van der Waals surface area contributed by atoms with Crippen molar-refractivity contribution in [2.75, 3.05) is 0 Å². The highest BCUT2D eigenvalue weighted by Gasteiger charge is 2.23. The molecular weight excluding hydrogens is 258 g/mol. The second-order valence-electron chi connectivity index (χ2n) is 3.44. The Morgan fingerprint density at radius 3 is 1.94 bits per heavy atom. The number of rotatable bonds is 1. The van der Waals surface area contributed by atoms with E-state index < -0.39 is 46.0 Å². The predicted octanol–water partition coefficient (Wildman–Crippen LogP) is 4.19. The lowest BCUT2D eigenvalue weighted by molar-refractivity contribution is 0.436. The summed E-state index contributed by atoms with van der Waals surface area (Å²) in [5, 5.41) is 0. The van der Waals surface area contributed by atoms with Gasteiger partial charge in [0.25, 0.3) is 0 Å². The summed E-state index contributed by atoms with van der Waals surface area (Å²) < 4.78 is 78.7. The van der Waals surface area contributed by atoms with Crippen LogP contribution >= 0.6 is 0 Å². The Morgan fingerprint density at radius 2 is 1.28 bits per heavy atom. The van der Waals surface area contributed by atoms with E-state index in [1.54, 1.807) is 0 Å². The van der Waals surface area contributed by atoms with Crippen molar-refractivity contribution in [3.8, 4) is 11.1 Å². The molecule has 0 amide bonds. The van der Waals surface area contributed by atoms with Crippen molar-refractivity contribution >= 4 is 0 Å². The maximum absolute atomic E-state index is 13.4. The van der Waals surface area contributed by atoms with E-state index in [0.717, 1.165) is 18.2 Å². The minimum atomic E-state index is -1.95. The van der Waals surface area contributed by atoms with Gasteiger partial charge in [0.1, 0.15) is 5.82 Å². The summed E-state index contributed by atoms with van der Waals surface area (Å²) in [4.78, 5) is 0. The van der Waals surface area contributed by atoms with Crippen LogP contribution in [0.25, 0.3) is 11.1 Å². The van der Waals surface area contributed by atoms with E-state index in [-0.39, 0.29) is 6.07 Å². The van der Waals surface area contributed by atoms with E-state index in [0.29, 0.717) is 0 Å². The van der Waals surface area contributed by atoms with Gasteiger partial charge in [-0.1, -0.05) is 12.1 Å². The third-order valence-electron chi connectivity index (χ3n) is 2.34. The first kappa shape index (κ1) is 12.5. The summed E-state index contributed by atoms with van der Waals surface area (Å²) >= 11 is 0. The normalized spacial score (nSPS) is 10.8. The first-order valence-electron chi connectivity index (χ1n) is 4.71. The van der Waals surface area contributed by atoms with Crippen molar-refractivity contribution < 1.29 is 26.3 Å². The van der Waals surface area contributed by atoms with E-state index in [1.807, 2.05) is 0 Å². The highest BCUT2D eigenvalue weighted by atomic mass is 19.2. The van der Waals surface area contributed by atoms with Gasteiger partial charge in [-0.05, 0) is 6.07 Å². The number of halogens is 6. The van der Waals surface area contributed by atoms with Gasteiger partial charge in [-0.3, -0.25) is 0 Å². The maximum atomic E-state index is 13.4. The van der Waals surface area contributed by atoms with Crippen LogP contribution in [-0.4, -0.2) is 0 Å². The molecule has 0 heterocycles. The van der Waals surface area contributed by atoms with Gasteiger partial charge in [0, 0.05) is 11.6 Å². The molecule has 2 aromatic rings. The molecule has 0 saturated heterocycles. The van der Waals surface area contributed by atoms with Gasteiger partial charge in [-0.15, -0.1) is 0 Å². The lowest BCUT2D eigenvalue weighted by Crippen LogP contribution is -2.01. The van der Waals surface area contributed by atoms with Crippen molar-refractivity contribution in [1.29, 1.82) is 0 Å². The van der Waals surface area contributed by atoms with Crippen molar-refractivity contribution in [2.45, 2.75) is 0 Å². The van der Waals surface area contributed by atoms with Crippen molar-refractivity contribution in [3.05, 3.63) is 59.2 Å². The molecule has 6 heteroatoms. The molecule has 0 spiro atoms. The minimum Gasteiger partial charge on any atom is -0.206 e. The fraction of sp³-hybridized carbons (Fsp3) is 0. The molecule has 0 aliphatic carbocycles. The van der Waals surface area contributed by atoms with Gasteiger partial charge in [0.15, 0.2) is 29.1 Å². The zero-order valence-corrected chi connectivity index (χ0v) is 8.58. The molecule has 0 fully saturated rings. The molecule has 2 aromatic carbocycles. The van der Waals surface area contributed by atoms with Crippen LogP contribution in [0.5, 0.6) is 0 Å². The molecule has 0 aliphatic heterocycles. The van der Waals surface area contributed by atoms with Crippen molar-refractivity contribution in [1.82, 2.24) is 0 Å². The van der Waals surface area contributed by atoms with E-state index in [2.05, 4.69) is 0 Å². The monoisotopic (exact) mass is 262 g/mol. The van der Waals surface area contributed by atoms with Gasteiger partial charge in [-0.2, -0.15) is 0 Å². The van der Waals surface area contributed by atoms with Gasteiger partial charge < -0.3 is 0 Å². The summed E-state index contributed by atoms with van der Waals surface area (Å²) in [7, 11) is 0. The zero-order chi connectivity index (χ0) is 13.4. The highest BCUT2D eigenvalue weighted by Crippen LogP contribution is 2.31. The van der Waals surface area contributed by atoms with E-state index in [1.165, 1.54) is 0 Å². The Balaban J connectivity index is 2.80. The molecule has 0 nitrogen and oxygen atoms in total. The van der Waals surface area contributed by atoms with Gasteiger partial charge >= 0.3 is 0 Å².